The van der Waals surface area contributed by atoms with E-state index < -0.39 is 18.3 Å². The summed E-state index contributed by atoms with van der Waals surface area (Å²) >= 11 is 0. The van der Waals surface area contributed by atoms with Gasteiger partial charge in [-0.05, 0) is 12.1 Å². The molecule has 2 rings (SSSR count). The molecule has 0 spiro atoms. The number of nitrogens with zero attached hydrogens (tertiary/aromatic N) is 2. The average molecular weight is 225 g/mol. The molecule has 0 bridgehead atoms. The highest BCUT2D eigenvalue weighted by molar-refractivity contribution is 5.65. The van der Waals surface area contributed by atoms with Gasteiger partial charge in [0.05, 0.1) is 24.5 Å². The maximum Gasteiger partial charge on any atom is 0.405 e. The minimum Gasteiger partial charge on any atom is -0.465 e. The van der Waals surface area contributed by atoms with Gasteiger partial charge in [-0.1, -0.05) is 0 Å². The minimum absolute atomic E-state index is 0.191. The molecule has 16 heavy (non-hydrogen) atoms. The van der Waals surface area contributed by atoms with Gasteiger partial charge >= 0.3 is 6.09 Å². The predicted molar refractivity (Wildman–Crippen MR) is 56.3 cm³/mol. The second-order valence-corrected chi connectivity index (χ2v) is 3.69. The summed E-state index contributed by atoms with van der Waals surface area (Å²) in [6.45, 7) is 0.524. The molecule has 0 saturated carbocycles. The molecule has 2 heterocycles. The number of nitrogens with one attached hydrogen (secondary N) is 1. The van der Waals surface area contributed by atoms with Crippen LogP contribution in [0, 0.1) is 0 Å². The molecule has 2 N–H and O–H groups in total. The van der Waals surface area contributed by atoms with Crippen molar-refractivity contribution < 1.29 is 14.3 Å². The number of alkyl halides is 1. The van der Waals surface area contributed by atoms with Gasteiger partial charge in [0.1, 0.15) is 6.17 Å². The van der Waals surface area contributed by atoms with Crippen molar-refractivity contribution in [3.8, 4) is 0 Å². The molecule has 0 unspecified atom stereocenters. The molecular weight excluding hydrogens is 213 g/mol. The molecule has 0 aliphatic carbocycles. The third kappa shape index (κ3) is 2.21. The van der Waals surface area contributed by atoms with Crippen molar-refractivity contribution >= 4 is 11.8 Å². The standard InChI is InChI=1S/C10H12FN3O2/c11-8-5-14(6-9(8)13-10(15)16)7-2-1-3-12-4-7/h1-4,8-9,13H,5-6H2,(H,15,16)/t8-,9-/m0/s1. The van der Waals surface area contributed by atoms with Gasteiger partial charge in [0, 0.05) is 12.7 Å². The molecule has 1 fully saturated rings. The Bertz CT molecular complexity index is 374. The molecule has 1 aliphatic heterocycles. The lowest BCUT2D eigenvalue weighted by Gasteiger charge is -2.17. The highest BCUT2D eigenvalue weighted by atomic mass is 19.1. The van der Waals surface area contributed by atoms with E-state index in [1.54, 1.807) is 23.4 Å². The fourth-order valence-electron chi connectivity index (χ4n) is 1.81. The van der Waals surface area contributed by atoms with Crippen molar-refractivity contribution in [1.82, 2.24) is 10.3 Å². The summed E-state index contributed by atoms with van der Waals surface area (Å²) in [5.41, 5.74) is 0.805. The number of pyridine rings is 1. The molecule has 6 heteroatoms. The highest BCUT2D eigenvalue weighted by Crippen LogP contribution is 2.20. The van der Waals surface area contributed by atoms with E-state index in [4.69, 9.17) is 5.11 Å². The Balaban J connectivity index is 2.04. The third-order valence-electron chi connectivity index (χ3n) is 2.57. The van der Waals surface area contributed by atoms with Gasteiger partial charge in [-0.2, -0.15) is 0 Å². The fraction of sp³-hybridized carbons (Fsp3) is 0.400. The van der Waals surface area contributed by atoms with Crippen LogP contribution in [0.3, 0.4) is 0 Å². The van der Waals surface area contributed by atoms with Crippen LogP contribution in [0.1, 0.15) is 0 Å². The topological polar surface area (TPSA) is 65.5 Å². The number of hydrogen-bond acceptors (Lipinski definition) is 3. The van der Waals surface area contributed by atoms with Crippen LogP contribution in [0.15, 0.2) is 24.5 Å². The van der Waals surface area contributed by atoms with Crippen molar-refractivity contribution in [3.63, 3.8) is 0 Å². The van der Waals surface area contributed by atoms with Crippen molar-refractivity contribution in [2.45, 2.75) is 12.2 Å². The van der Waals surface area contributed by atoms with Gasteiger partial charge in [0.25, 0.3) is 0 Å². The van der Waals surface area contributed by atoms with Crippen LogP contribution in [-0.2, 0) is 0 Å². The average Bonchev–Trinajstić information content (AvgIpc) is 2.61. The Labute approximate surface area is 91.9 Å². The Morgan fingerprint density at radius 1 is 1.62 bits per heavy atom. The van der Waals surface area contributed by atoms with Gasteiger partial charge in [-0.25, -0.2) is 9.18 Å². The molecular formula is C10H12FN3O2. The summed E-state index contributed by atoms with van der Waals surface area (Å²) in [5, 5.41) is 10.7. The van der Waals surface area contributed by atoms with Crippen LogP contribution < -0.4 is 10.2 Å². The Hall–Kier alpha value is -1.85. The number of halogens is 1. The van der Waals surface area contributed by atoms with E-state index in [0.717, 1.165) is 5.69 Å². The largest absolute Gasteiger partial charge is 0.465 e. The number of carboxylic acid groups (broad SMARTS) is 1. The number of hydrogen-bond donors (Lipinski definition) is 2. The van der Waals surface area contributed by atoms with Crippen LogP contribution in [0.2, 0.25) is 0 Å². The second kappa shape index (κ2) is 4.34. The van der Waals surface area contributed by atoms with Crippen LogP contribution in [0.4, 0.5) is 14.9 Å². The van der Waals surface area contributed by atoms with Gasteiger partial charge < -0.3 is 15.3 Å². The summed E-state index contributed by atoms with van der Waals surface area (Å²) in [6.07, 6.45) is 0.895. The van der Waals surface area contributed by atoms with E-state index in [1.807, 2.05) is 6.07 Å². The zero-order chi connectivity index (χ0) is 11.5. The lowest BCUT2D eigenvalue weighted by Crippen LogP contribution is -2.40. The summed E-state index contributed by atoms with van der Waals surface area (Å²) in [7, 11) is 0. The van der Waals surface area contributed by atoms with E-state index in [2.05, 4.69) is 10.3 Å². The van der Waals surface area contributed by atoms with E-state index in [1.165, 1.54) is 0 Å². The van der Waals surface area contributed by atoms with E-state index >= 15 is 0 Å². The minimum atomic E-state index is -1.19. The number of anilines is 1. The number of amides is 1. The molecule has 0 aromatic carbocycles. The first-order valence-corrected chi connectivity index (χ1v) is 4.95. The monoisotopic (exact) mass is 225 g/mol. The molecule has 0 radical (unpaired) electrons. The van der Waals surface area contributed by atoms with Crippen LogP contribution >= 0.6 is 0 Å². The van der Waals surface area contributed by atoms with Gasteiger partial charge in [0.2, 0.25) is 0 Å². The van der Waals surface area contributed by atoms with Crippen LogP contribution in [0.25, 0.3) is 0 Å². The van der Waals surface area contributed by atoms with Gasteiger partial charge in [-0.3, -0.25) is 4.98 Å². The summed E-state index contributed by atoms with van der Waals surface area (Å²) in [4.78, 5) is 16.2. The molecule has 86 valence electrons. The lowest BCUT2D eigenvalue weighted by atomic mass is 10.2. The van der Waals surface area contributed by atoms with Gasteiger partial charge in [0.15, 0.2) is 0 Å². The normalized spacial score (nSPS) is 24.4. The lowest BCUT2D eigenvalue weighted by molar-refractivity contribution is 0.183. The summed E-state index contributed by atoms with van der Waals surface area (Å²) in [5.74, 6) is 0. The molecule has 1 amide bonds. The van der Waals surface area contributed by atoms with Crippen molar-refractivity contribution in [1.29, 1.82) is 0 Å². The number of aromatic nitrogens is 1. The van der Waals surface area contributed by atoms with E-state index in [0.29, 0.717) is 6.54 Å². The molecule has 1 aromatic heterocycles. The molecule has 1 aromatic rings. The quantitative estimate of drug-likeness (QED) is 0.784. The summed E-state index contributed by atoms with van der Waals surface area (Å²) < 4.78 is 13.5. The molecule has 5 nitrogen and oxygen atoms in total. The zero-order valence-corrected chi connectivity index (χ0v) is 8.51. The number of carbonyl (C=O) groups is 1. The molecule has 1 saturated heterocycles. The maximum absolute atomic E-state index is 13.5. The van der Waals surface area contributed by atoms with Crippen LogP contribution in [0.5, 0.6) is 0 Å². The first-order valence-electron chi connectivity index (χ1n) is 4.95. The van der Waals surface area contributed by atoms with Crippen molar-refractivity contribution in [2.24, 2.45) is 0 Å². The fourth-order valence-corrected chi connectivity index (χ4v) is 1.81. The predicted octanol–water partition coefficient (Wildman–Crippen LogP) is 0.876. The first-order chi connectivity index (χ1) is 7.66. The van der Waals surface area contributed by atoms with E-state index in [-0.39, 0.29) is 6.54 Å². The maximum atomic E-state index is 13.5. The van der Waals surface area contributed by atoms with E-state index in [9.17, 15) is 9.18 Å². The Kier molecular flexibility index (Phi) is 2.89. The van der Waals surface area contributed by atoms with Crippen molar-refractivity contribution in [2.75, 3.05) is 18.0 Å². The smallest absolute Gasteiger partial charge is 0.405 e. The Morgan fingerprint density at radius 2 is 2.44 bits per heavy atom. The molecule has 1 aliphatic rings. The zero-order valence-electron chi connectivity index (χ0n) is 8.51. The first kappa shape index (κ1) is 10.7. The summed E-state index contributed by atoms with van der Waals surface area (Å²) in [6, 6.07) is 2.92. The molecule has 2 atom stereocenters. The SMILES string of the molecule is O=C(O)N[C@H]1CN(c2cccnc2)C[C@@H]1F. The second-order valence-electron chi connectivity index (χ2n) is 3.69. The highest BCUT2D eigenvalue weighted by Gasteiger charge is 2.34. The third-order valence-corrected chi connectivity index (χ3v) is 2.57. The van der Waals surface area contributed by atoms with Crippen LogP contribution in [-0.4, -0.2) is 41.5 Å². The Morgan fingerprint density at radius 3 is 3.06 bits per heavy atom. The number of rotatable bonds is 2. The van der Waals surface area contributed by atoms with Crippen molar-refractivity contribution in [3.05, 3.63) is 24.5 Å². The van der Waals surface area contributed by atoms with Gasteiger partial charge in [-0.15, -0.1) is 0 Å².